The third-order valence-electron chi connectivity index (χ3n) is 3.25. The van der Waals surface area contributed by atoms with Crippen molar-refractivity contribution in [3.8, 4) is 0 Å². The lowest BCUT2D eigenvalue weighted by atomic mass is 9.86. The van der Waals surface area contributed by atoms with E-state index in [0.29, 0.717) is 16.6 Å². The highest BCUT2D eigenvalue weighted by Gasteiger charge is 2.17. The monoisotopic (exact) mass is 307 g/mol. The van der Waals surface area contributed by atoms with E-state index in [1.165, 1.54) is 5.56 Å². The summed E-state index contributed by atoms with van der Waals surface area (Å²) >= 11 is 12.4. The van der Waals surface area contributed by atoms with Gasteiger partial charge in [-0.15, -0.1) is 0 Å². The fraction of sp³-hybridized carbons (Fsp3) is 0.294. The average Bonchev–Trinajstić information content (AvgIpc) is 2.37. The molecule has 1 N–H and O–H groups in total. The first-order chi connectivity index (χ1) is 9.39. The summed E-state index contributed by atoms with van der Waals surface area (Å²) in [5, 5.41) is 4.83. The van der Waals surface area contributed by atoms with Crippen LogP contribution < -0.4 is 5.32 Å². The second kappa shape index (κ2) is 6.07. The highest BCUT2D eigenvalue weighted by atomic mass is 35.5. The lowest BCUT2D eigenvalue weighted by Gasteiger charge is -2.23. The molecule has 0 aliphatic rings. The number of halogens is 2. The number of rotatable bonds is 3. The van der Waals surface area contributed by atoms with Gasteiger partial charge in [0, 0.05) is 27.8 Å². The minimum absolute atomic E-state index is 0.0911. The fourth-order valence-corrected chi connectivity index (χ4v) is 2.71. The van der Waals surface area contributed by atoms with Gasteiger partial charge in [-0.25, -0.2) is 0 Å². The Kier molecular flexibility index (Phi) is 4.62. The lowest BCUT2D eigenvalue weighted by Crippen LogP contribution is -2.14. The fourth-order valence-electron chi connectivity index (χ4n) is 2.18. The van der Waals surface area contributed by atoms with Crippen molar-refractivity contribution in [1.29, 1.82) is 0 Å². The van der Waals surface area contributed by atoms with Crippen LogP contribution in [-0.2, 0) is 12.0 Å². The maximum atomic E-state index is 6.20. The summed E-state index contributed by atoms with van der Waals surface area (Å²) in [6, 6.07) is 13.9. The predicted molar refractivity (Wildman–Crippen MR) is 88.9 cm³/mol. The van der Waals surface area contributed by atoms with E-state index in [-0.39, 0.29) is 5.41 Å². The summed E-state index contributed by atoms with van der Waals surface area (Å²) < 4.78 is 0. The summed E-state index contributed by atoms with van der Waals surface area (Å²) in [7, 11) is 0. The average molecular weight is 308 g/mol. The Morgan fingerprint density at radius 2 is 1.50 bits per heavy atom. The van der Waals surface area contributed by atoms with Crippen LogP contribution in [-0.4, -0.2) is 0 Å². The number of para-hydroxylation sites is 1. The SMILES string of the molecule is CC(C)(C)c1ccccc1NCc1c(Cl)cccc1Cl. The molecule has 0 aliphatic carbocycles. The normalized spacial score (nSPS) is 11.4. The Morgan fingerprint density at radius 3 is 2.10 bits per heavy atom. The van der Waals surface area contributed by atoms with E-state index in [1.54, 1.807) is 0 Å². The van der Waals surface area contributed by atoms with Gasteiger partial charge >= 0.3 is 0 Å². The van der Waals surface area contributed by atoms with E-state index in [9.17, 15) is 0 Å². The first-order valence-electron chi connectivity index (χ1n) is 6.66. The molecule has 0 radical (unpaired) electrons. The number of hydrogen-bond donors (Lipinski definition) is 1. The summed E-state index contributed by atoms with van der Waals surface area (Å²) in [6.45, 7) is 7.23. The zero-order valence-electron chi connectivity index (χ0n) is 12.0. The molecule has 2 aromatic carbocycles. The summed E-state index contributed by atoms with van der Waals surface area (Å²) in [4.78, 5) is 0. The lowest BCUT2D eigenvalue weighted by molar-refractivity contribution is 0.591. The molecule has 3 heteroatoms. The van der Waals surface area contributed by atoms with Crippen LogP contribution in [0.5, 0.6) is 0 Å². The summed E-state index contributed by atoms with van der Waals surface area (Å²) in [6.07, 6.45) is 0. The van der Waals surface area contributed by atoms with Gasteiger partial charge in [0.15, 0.2) is 0 Å². The van der Waals surface area contributed by atoms with Crippen molar-refractivity contribution in [3.05, 3.63) is 63.6 Å². The molecule has 2 aromatic rings. The molecule has 0 aliphatic heterocycles. The van der Waals surface area contributed by atoms with Gasteiger partial charge in [0.25, 0.3) is 0 Å². The van der Waals surface area contributed by atoms with Crippen LogP contribution in [0, 0.1) is 0 Å². The quantitative estimate of drug-likeness (QED) is 0.744. The van der Waals surface area contributed by atoms with Gasteiger partial charge in [0.1, 0.15) is 0 Å². The van der Waals surface area contributed by atoms with Crippen molar-refractivity contribution in [1.82, 2.24) is 0 Å². The van der Waals surface area contributed by atoms with Crippen LogP contribution in [0.4, 0.5) is 5.69 Å². The Bertz CT molecular complexity index is 580. The predicted octanol–water partition coefficient (Wildman–Crippen LogP) is 5.90. The molecule has 0 saturated carbocycles. The molecule has 0 bridgehead atoms. The van der Waals surface area contributed by atoms with Crippen molar-refractivity contribution >= 4 is 28.9 Å². The minimum atomic E-state index is 0.0911. The largest absolute Gasteiger partial charge is 0.381 e. The minimum Gasteiger partial charge on any atom is -0.381 e. The first kappa shape index (κ1) is 15.2. The standard InChI is InChI=1S/C17H19Cl2N/c1-17(2,3)13-7-4-5-10-16(13)20-11-12-14(18)8-6-9-15(12)19/h4-10,20H,11H2,1-3H3. The van der Waals surface area contributed by atoms with Crippen molar-refractivity contribution in [2.75, 3.05) is 5.32 Å². The molecule has 2 rings (SSSR count). The number of benzene rings is 2. The van der Waals surface area contributed by atoms with Crippen molar-refractivity contribution < 1.29 is 0 Å². The van der Waals surface area contributed by atoms with E-state index in [2.05, 4.69) is 44.3 Å². The van der Waals surface area contributed by atoms with E-state index in [1.807, 2.05) is 24.3 Å². The Hall–Kier alpha value is -1.18. The molecule has 0 spiro atoms. The van der Waals surface area contributed by atoms with Crippen LogP contribution in [0.3, 0.4) is 0 Å². The smallest absolute Gasteiger partial charge is 0.0470 e. The van der Waals surface area contributed by atoms with Gasteiger partial charge in [-0.05, 0) is 29.2 Å². The van der Waals surface area contributed by atoms with Gasteiger partial charge in [-0.1, -0.05) is 68.2 Å². The number of hydrogen-bond acceptors (Lipinski definition) is 1. The maximum Gasteiger partial charge on any atom is 0.0470 e. The molecule has 106 valence electrons. The van der Waals surface area contributed by atoms with E-state index >= 15 is 0 Å². The molecule has 0 atom stereocenters. The van der Waals surface area contributed by atoms with E-state index < -0.39 is 0 Å². The van der Waals surface area contributed by atoms with Gasteiger partial charge < -0.3 is 5.32 Å². The van der Waals surface area contributed by atoms with Crippen LogP contribution in [0.2, 0.25) is 10.0 Å². The van der Waals surface area contributed by atoms with E-state index in [0.717, 1.165) is 11.3 Å². The summed E-state index contributed by atoms with van der Waals surface area (Å²) in [5.41, 5.74) is 3.42. The third kappa shape index (κ3) is 3.47. The topological polar surface area (TPSA) is 12.0 Å². The van der Waals surface area contributed by atoms with Gasteiger partial charge in [0.2, 0.25) is 0 Å². The number of nitrogens with one attached hydrogen (secondary N) is 1. The van der Waals surface area contributed by atoms with Crippen LogP contribution in [0.1, 0.15) is 31.9 Å². The highest BCUT2D eigenvalue weighted by molar-refractivity contribution is 6.36. The molecule has 1 nitrogen and oxygen atoms in total. The second-order valence-electron chi connectivity index (χ2n) is 5.85. The molecule has 0 fully saturated rings. The molecule has 0 unspecified atom stereocenters. The zero-order chi connectivity index (χ0) is 14.8. The van der Waals surface area contributed by atoms with Gasteiger partial charge in [-0.2, -0.15) is 0 Å². The van der Waals surface area contributed by atoms with Crippen molar-refractivity contribution in [2.24, 2.45) is 0 Å². The van der Waals surface area contributed by atoms with Gasteiger partial charge in [-0.3, -0.25) is 0 Å². The third-order valence-corrected chi connectivity index (χ3v) is 3.96. The molecule has 0 amide bonds. The summed E-state index contributed by atoms with van der Waals surface area (Å²) in [5.74, 6) is 0. The van der Waals surface area contributed by atoms with E-state index in [4.69, 9.17) is 23.2 Å². The Morgan fingerprint density at radius 1 is 0.900 bits per heavy atom. The molecular weight excluding hydrogens is 289 g/mol. The van der Waals surface area contributed by atoms with Crippen LogP contribution in [0.25, 0.3) is 0 Å². The highest BCUT2D eigenvalue weighted by Crippen LogP contribution is 2.31. The van der Waals surface area contributed by atoms with Crippen LogP contribution >= 0.6 is 23.2 Å². The second-order valence-corrected chi connectivity index (χ2v) is 6.66. The number of anilines is 1. The van der Waals surface area contributed by atoms with Crippen molar-refractivity contribution in [2.45, 2.75) is 32.7 Å². The molecule has 0 aromatic heterocycles. The zero-order valence-corrected chi connectivity index (χ0v) is 13.5. The Labute approximate surface area is 130 Å². The van der Waals surface area contributed by atoms with Crippen molar-refractivity contribution in [3.63, 3.8) is 0 Å². The molecule has 0 heterocycles. The first-order valence-corrected chi connectivity index (χ1v) is 7.41. The van der Waals surface area contributed by atoms with Crippen LogP contribution in [0.15, 0.2) is 42.5 Å². The molecular formula is C17H19Cl2N. The molecule has 20 heavy (non-hydrogen) atoms. The Balaban J connectivity index is 2.24. The maximum absolute atomic E-state index is 6.20. The molecule has 0 saturated heterocycles. The van der Waals surface area contributed by atoms with Gasteiger partial charge in [0.05, 0.1) is 0 Å².